The van der Waals surface area contributed by atoms with Gasteiger partial charge < -0.3 is 9.26 Å². The molecule has 0 N–H and O–H groups in total. The van der Waals surface area contributed by atoms with Crippen molar-refractivity contribution >= 4 is 0 Å². The highest BCUT2D eigenvalue weighted by Crippen LogP contribution is 2.22. The third-order valence-electron chi connectivity index (χ3n) is 3.36. The van der Waals surface area contributed by atoms with E-state index < -0.39 is 0 Å². The van der Waals surface area contributed by atoms with Gasteiger partial charge in [0.1, 0.15) is 0 Å². The topological polar surface area (TPSA) is 64.3 Å². The van der Waals surface area contributed by atoms with Gasteiger partial charge in [0.15, 0.2) is 5.82 Å². The molecule has 3 heterocycles. The number of nitrogens with zero attached hydrogens (tertiary/aromatic N) is 4. The van der Waals surface area contributed by atoms with Crippen LogP contribution in [0.2, 0.25) is 0 Å². The van der Waals surface area contributed by atoms with Crippen molar-refractivity contribution in [1.29, 1.82) is 0 Å². The minimum Gasteiger partial charge on any atom is -0.381 e. The predicted molar refractivity (Wildman–Crippen MR) is 71.9 cm³/mol. The van der Waals surface area contributed by atoms with Crippen LogP contribution in [-0.4, -0.2) is 40.3 Å². The van der Waals surface area contributed by atoms with Gasteiger partial charge in [-0.25, -0.2) is 0 Å². The van der Waals surface area contributed by atoms with Crippen LogP contribution >= 0.6 is 0 Å². The zero-order valence-electron chi connectivity index (χ0n) is 11.5. The molecule has 6 nitrogen and oxygen atoms in total. The lowest BCUT2D eigenvalue weighted by Crippen LogP contribution is -2.17. The zero-order chi connectivity index (χ0) is 13.8. The van der Waals surface area contributed by atoms with E-state index in [2.05, 4.69) is 26.1 Å². The Morgan fingerprint density at radius 3 is 3.10 bits per heavy atom. The number of rotatable bonds is 5. The summed E-state index contributed by atoms with van der Waals surface area (Å²) in [4.78, 5) is 10.7. The predicted octanol–water partition coefficient (Wildman–Crippen LogP) is 1.60. The molecule has 1 atom stereocenters. The molecule has 0 unspecified atom stereocenters. The van der Waals surface area contributed by atoms with Crippen molar-refractivity contribution in [3.8, 4) is 0 Å². The average Bonchev–Trinajstić information content (AvgIpc) is 3.10. The van der Waals surface area contributed by atoms with Gasteiger partial charge in [0.25, 0.3) is 0 Å². The van der Waals surface area contributed by atoms with Crippen LogP contribution in [-0.2, 0) is 17.8 Å². The Labute approximate surface area is 117 Å². The van der Waals surface area contributed by atoms with Gasteiger partial charge in [0.2, 0.25) is 5.89 Å². The van der Waals surface area contributed by atoms with Gasteiger partial charge in [-0.2, -0.15) is 4.98 Å². The van der Waals surface area contributed by atoms with E-state index in [1.54, 1.807) is 6.20 Å². The maximum absolute atomic E-state index is 5.34. The van der Waals surface area contributed by atoms with E-state index in [1.165, 1.54) is 5.56 Å². The fourth-order valence-electron chi connectivity index (χ4n) is 2.33. The Bertz CT molecular complexity index is 537. The molecule has 2 aromatic rings. The second-order valence-corrected chi connectivity index (χ2v) is 5.14. The van der Waals surface area contributed by atoms with Crippen LogP contribution in [0.3, 0.4) is 0 Å². The standard InChI is InChI=1S/C14H18N4O2/c1-18(8-11-3-2-5-15-7-11)9-13-16-14(17-20-13)12-4-6-19-10-12/h2-3,5,7,12H,4,6,8-10H2,1H3/t12-/m1/s1. The highest BCUT2D eigenvalue weighted by Gasteiger charge is 2.23. The highest BCUT2D eigenvalue weighted by molar-refractivity contribution is 5.08. The molecule has 6 heteroatoms. The lowest BCUT2D eigenvalue weighted by Gasteiger charge is -2.13. The Morgan fingerprint density at radius 2 is 2.35 bits per heavy atom. The van der Waals surface area contributed by atoms with Crippen molar-refractivity contribution in [2.45, 2.75) is 25.4 Å². The van der Waals surface area contributed by atoms with Crippen molar-refractivity contribution < 1.29 is 9.26 Å². The van der Waals surface area contributed by atoms with Crippen LogP contribution < -0.4 is 0 Å². The first-order valence-corrected chi connectivity index (χ1v) is 6.79. The summed E-state index contributed by atoms with van der Waals surface area (Å²) in [7, 11) is 2.02. The number of hydrogen-bond acceptors (Lipinski definition) is 6. The smallest absolute Gasteiger partial charge is 0.240 e. The molecule has 20 heavy (non-hydrogen) atoms. The minimum atomic E-state index is 0.288. The van der Waals surface area contributed by atoms with Crippen molar-refractivity contribution in [3.05, 3.63) is 41.8 Å². The molecule has 0 spiro atoms. The van der Waals surface area contributed by atoms with E-state index in [1.807, 2.05) is 19.3 Å². The quantitative estimate of drug-likeness (QED) is 0.825. The van der Waals surface area contributed by atoms with E-state index in [9.17, 15) is 0 Å². The average molecular weight is 274 g/mol. The molecular formula is C14H18N4O2. The summed E-state index contributed by atoms with van der Waals surface area (Å²) < 4.78 is 10.7. The minimum absolute atomic E-state index is 0.288. The van der Waals surface area contributed by atoms with Crippen molar-refractivity contribution in [3.63, 3.8) is 0 Å². The van der Waals surface area contributed by atoms with Gasteiger partial charge in [-0.05, 0) is 25.1 Å². The summed E-state index contributed by atoms with van der Waals surface area (Å²) in [5.41, 5.74) is 1.17. The van der Waals surface area contributed by atoms with Gasteiger partial charge in [-0.3, -0.25) is 9.88 Å². The number of aromatic nitrogens is 3. The number of hydrogen-bond donors (Lipinski definition) is 0. The van der Waals surface area contributed by atoms with E-state index in [0.717, 1.165) is 25.4 Å². The first-order valence-electron chi connectivity index (χ1n) is 6.79. The molecule has 1 aliphatic rings. The molecule has 1 aliphatic heterocycles. The van der Waals surface area contributed by atoms with Crippen molar-refractivity contribution in [2.24, 2.45) is 0 Å². The number of pyridine rings is 1. The molecule has 3 rings (SSSR count). The lowest BCUT2D eigenvalue weighted by atomic mass is 10.1. The van der Waals surface area contributed by atoms with E-state index in [4.69, 9.17) is 9.26 Å². The summed E-state index contributed by atoms with van der Waals surface area (Å²) in [6.45, 7) is 2.92. The molecular weight excluding hydrogens is 256 g/mol. The first-order chi connectivity index (χ1) is 9.81. The third-order valence-corrected chi connectivity index (χ3v) is 3.36. The Kier molecular flexibility index (Phi) is 4.03. The van der Waals surface area contributed by atoms with Crippen molar-refractivity contribution in [2.75, 3.05) is 20.3 Å². The molecule has 0 bridgehead atoms. The highest BCUT2D eigenvalue weighted by atomic mass is 16.5. The summed E-state index contributed by atoms with van der Waals surface area (Å²) in [5.74, 6) is 1.71. The maximum Gasteiger partial charge on any atom is 0.240 e. The van der Waals surface area contributed by atoms with E-state index in [0.29, 0.717) is 19.0 Å². The summed E-state index contributed by atoms with van der Waals surface area (Å²) in [6, 6.07) is 3.99. The Morgan fingerprint density at radius 1 is 1.40 bits per heavy atom. The monoisotopic (exact) mass is 274 g/mol. The lowest BCUT2D eigenvalue weighted by molar-refractivity contribution is 0.192. The second kappa shape index (κ2) is 6.11. The van der Waals surface area contributed by atoms with Gasteiger partial charge in [-0.1, -0.05) is 11.2 Å². The zero-order valence-corrected chi connectivity index (χ0v) is 11.5. The van der Waals surface area contributed by atoms with Crippen LogP contribution in [0.25, 0.3) is 0 Å². The molecule has 0 saturated carbocycles. The van der Waals surface area contributed by atoms with Gasteiger partial charge in [-0.15, -0.1) is 0 Å². The van der Waals surface area contributed by atoms with E-state index >= 15 is 0 Å². The third kappa shape index (κ3) is 3.20. The number of ether oxygens (including phenoxy) is 1. The fourth-order valence-corrected chi connectivity index (χ4v) is 2.33. The normalized spacial score (nSPS) is 18.8. The Balaban J connectivity index is 1.57. The summed E-state index contributed by atoms with van der Waals surface area (Å²) in [5, 5.41) is 4.05. The molecule has 0 aromatic carbocycles. The summed E-state index contributed by atoms with van der Waals surface area (Å²) in [6.07, 6.45) is 4.62. The summed E-state index contributed by atoms with van der Waals surface area (Å²) >= 11 is 0. The second-order valence-electron chi connectivity index (χ2n) is 5.14. The first kappa shape index (κ1) is 13.2. The van der Waals surface area contributed by atoms with Crippen LogP contribution in [0.1, 0.15) is 29.6 Å². The van der Waals surface area contributed by atoms with E-state index in [-0.39, 0.29) is 5.92 Å². The SMILES string of the molecule is CN(Cc1cccnc1)Cc1nc([C@@H]2CCOC2)no1. The van der Waals surface area contributed by atoms with Crippen LogP contribution in [0.5, 0.6) is 0 Å². The largest absolute Gasteiger partial charge is 0.381 e. The molecule has 0 aliphatic carbocycles. The van der Waals surface area contributed by atoms with Gasteiger partial charge in [0, 0.05) is 31.5 Å². The molecule has 1 saturated heterocycles. The van der Waals surface area contributed by atoms with Gasteiger partial charge in [0.05, 0.1) is 13.2 Å². The van der Waals surface area contributed by atoms with Crippen molar-refractivity contribution in [1.82, 2.24) is 20.0 Å². The molecule has 106 valence electrons. The molecule has 0 radical (unpaired) electrons. The molecule has 0 amide bonds. The van der Waals surface area contributed by atoms with Crippen LogP contribution in [0.4, 0.5) is 0 Å². The Hall–Kier alpha value is -1.79. The molecule has 1 fully saturated rings. The van der Waals surface area contributed by atoms with Gasteiger partial charge >= 0.3 is 0 Å². The maximum atomic E-state index is 5.34. The fraction of sp³-hybridized carbons (Fsp3) is 0.500. The van der Waals surface area contributed by atoms with Crippen LogP contribution in [0, 0.1) is 0 Å². The van der Waals surface area contributed by atoms with Crippen LogP contribution in [0.15, 0.2) is 29.0 Å². The molecule has 2 aromatic heterocycles.